The molecule has 1 aromatic heterocycles. The molecule has 1 saturated carbocycles. The molecule has 2 aromatic rings. The lowest BCUT2D eigenvalue weighted by molar-refractivity contribution is -0.131. The first-order valence-corrected chi connectivity index (χ1v) is 13.8. The van der Waals surface area contributed by atoms with Crippen LogP contribution in [-0.4, -0.2) is 89.0 Å². The van der Waals surface area contributed by atoms with E-state index in [4.69, 9.17) is 4.98 Å². The van der Waals surface area contributed by atoms with Crippen LogP contribution in [0.3, 0.4) is 0 Å². The molecule has 0 atom stereocenters. The fraction of sp³-hybridized carbons (Fsp3) is 0.607. The first kappa shape index (κ1) is 25.0. The first-order chi connectivity index (χ1) is 17.6. The highest BCUT2D eigenvalue weighted by Gasteiger charge is 2.26. The summed E-state index contributed by atoms with van der Waals surface area (Å²) in [6, 6.07) is 12.6. The van der Waals surface area contributed by atoms with Gasteiger partial charge in [0.15, 0.2) is 0 Å². The number of benzene rings is 1. The highest BCUT2D eigenvalue weighted by Crippen LogP contribution is 2.24. The van der Waals surface area contributed by atoms with Gasteiger partial charge in [0.1, 0.15) is 0 Å². The number of nitrogens with zero attached hydrogens (tertiary/aromatic N) is 5. The molecule has 8 heteroatoms. The largest absolute Gasteiger partial charge is 0.339 e. The number of aryl methyl sites for hydroxylation is 1. The number of amides is 1. The van der Waals surface area contributed by atoms with E-state index in [-0.39, 0.29) is 11.5 Å². The zero-order chi connectivity index (χ0) is 24.7. The topological polar surface area (TPSA) is 75.8 Å². The maximum atomic E-state index is 12.7. The number of carbonyl (C=O) groups is 1. The van der Waals surface area contributed by atoms with Crippen LogP contribution in [0, 0.1) is 0 Å². The zero-order valence-corrected chi connectivity index (χ0v) is 21.4. The van der Waals surface area contributed by atoms with Gasteiger partial charge >= 0.3 is 0 Å². The number of H-pyrrole nitrogens is 1. The lowest BCUT2D eigenvalue weighted by Gasteiger charge is -2.40. The van der Waals surface area contributed by atoms with Crippen molar-refractivity contribution in [2.24, 2.45) is 0 Å². The van der Waals surface area contributed by atoms with Gasteiger partial charge in [-0.3, -0.25) is 24.4 Å². The molecule has 2 aliphatic heterocycles. The van der Waals surface area contributed by atoms with Crippen molar-refractivity contribution in [1.82, 2.24) is 24.7 Å². The Morgan fingerprint density at radius 1 is 0.917 bits per heavy atom. The van der Waals surface area contributed by atoms with E-state index in [0.29, 0.717) is 45.1 Å². The molecule has 36 heavy (non-hydrogen) atoms. The van der Waals surface area contributed by atoms with Gasteiger partial charge in [0, 0.05) is 77.4 Å². The quantitative estimate of drug-likeness (QED) is 0.640. The van der Waals surface area contributed by atoms with Crippen molar-refractivity contribution < 1.29 is 4.79 Å². The number of nitrogens with one attached hydrogen (secondary N) is 1. The predicted molar refractivity (Wildman–Crippen MR) is 142 cm³/mol. The molecule has 1 amide bonds. The zero-order valence-electron chi connectivity index (χ0n) is 21.4. The van der Waals surface area contributed by atoms with E-state index in [2.05, 4.69) is 31.8 Å². The van der Waals surface area contributed by atoms with Gasteiger partial charge in [0.05, 0.1) is 5.69 Å². The van der Waals surface area contributed by atoms with E-state index < -0.39 is 0 Å². The summed E-state index contributed by atoms with van der Waals surface area (Å²) in [6.07, 6.45) is 8.15. The smallest absolute Gasteiger partial charge is 0.252 e. The van der Waals surface area contributed by atoms with Gasteiger partial charge in [-0.05, 0) is 24.8 Å². The minimum atomic E-state index is -0.0998. The third kappa shape index (κ3) is 6.53. The monoisotopic (exact) mass is 492 g/mol. The Labute approximate surface area is 214 Å². The number of aromatic nitrogens is 2. The van der Waals surface area contributed by atoms with Crippen molar-refractivity contribution in [3.63, 3.8) is 0 Å². The molecule has 1 aliphatic carbocycles. The molecule has 194 valence electrons. The van der Waals surface area contributed by atoms with Crippen molar-refractivity contribution in [3.8, 4) is 0 Å². The number of carbonyl (C=O) groups excluding carboxylic acids is 1. The summed E-state index contributed by atoms with van der Waals surface area (Å²) in [7, 11) is 0. The van der Waals surface area contributed by atoms with E-state index in [0.717, 1.165) is 44.3 Å². The minimum Gasteiger partial charge on any atom is -0.339 e. The SMILES string of the molecule is O=C(CCc1ccccc1)N1CCN(c2nc(CN3CCN(C4CCCCC4)CC3)cc(=O)[nH]2)CC1. The molecule has 1 N–H and O–H groups in total. The van der Waals surface area contributed by atoms with Crippen molar-refractivity contribution >= 4 is 11.9 Å². The van der Waals surface area contributed by atoms with E-state index >= 15 is 0 Å². The van der Waals surface area contributed by atoms with Crippen LogP contribution in [0.15, 0.2) is 41.2 Å². The van der Waals surface area contributed by atoms with Crippen LogP contribution in [-0.2, 0) is 17.8 Å². The van der Waals surface area contributed by atoms with Crippen molar-refractivity contribution in [1.29, 1.82) is 0 Å². The van der Waals surface area contributed by atoms with Gasteiger partial charge in [0.25, 0.3) is 5.56 Å². The van der Waals surface area contributed by atoms with Gasteiger partial charge in [-0.2, -0.15) is 0 Å². The summed E-state index contributed by atoms with van der Waals surface area (Å²) >= 11 is 0. The Kier molecular flexibility index (Phi) is 8.33. The molecule has 2 saturated heterocycles. The van der Waals surface area contributed by atoms with Crippen LogP contribution in [0.4, 0.5) is 5.95 Å². The second kappa shape index (κ2) is 12.0. The molecule has 0 radical (unpaired) electrons. The minimum absolute atomic E-state index is 0.0998. The Bertz CT molecular complexity index is 1040. The third-order valence-electron chi connectivity index (χ3n) is 8.07. The average molecular weight is 493 g/mol. The number of anilines is 1. The lowest BCUT2D eigenvalue weighted by Crippen LogP contribution is -2.50. The molecule has 5 rings (SSSR count). The third-order valence-corrected chi connectivity index (χ3v) is 8.07. The van der Waals surface area contributed by atoms with E-state index in [1.807, 2.05) is 23.1 Å². The number of aromatic amines is 1. The molecule has 0 bridgehead atoms. The second-order valence-electron chi connectivity index (χ2n) is 10.5. The lowest BCUT2D eigenvalue weighted by atomic mass is 9.94. The van der Waals surface area contributed by atoms with Gasteiger partial charge in [0.2, 0.25) is 11.9 Å². The maximum Gasteiger partial charge on any atom is 0.252 e. The standard InChI is InChI=1S/C28H40N6O2/c35-26-21-24(22-31-13-15-32(16-14-31)25-9-5-2-6-10-25)29-28(30-26)34-19-17-33(18-20-34)27(36)12-11-23-7-3-1-4-8-23/h1,3-4,7-8,21,25H,2,5-6,9-20,22H2,(H,29,30,35). The van der Waals surface area contributed by atoms with Crippen LogP contribution in [0.5, 0.6) is 0 Å². The van der Waals surface area contributed by atoms with Crippen LogP contribution in [0.25, 0.3) is 0 Å². The Morgan fingerprint density at radius 3 is 2.36 bits per heavy atom. The molecule has 1 aromatic carbocycles. The van der Waals surface area contributed by atoms with E-state index in [9.17, 15) is 9.59 Å². The van der Waals surface area contributed by atoms with Crippen molar-refractivity contribution in [3.05, 3.63) is 58.0 Å². The van der Waals surface area contributed by atoms with E-state index in [1.54, 1.807) is 6.07 Å². The van der Waals surface area contributed by atoms with Crippen LogP contribution < -0.4 is 10.5 Å². The normalized spacial score (nSPS) is 20.6. The van der Waals surface area contributed by atoms with E-state index in [1.165, 1.54) is 37.7 Å². The summed E-state index contributed by atoms with van der Waals surface area (Å²) in [6.45, 7) is 7.69. The van der Waals surface area contributed by atoms with Crippen LogP contribution in [0.1, 0.15) is 49.8 Å². The number of rotatable bonds is 7. The fourth-order valence-electron chi connectivity index (χ4n) is 5.91. The number of piperazine rings is 2. The molecular weight excluding hydrogens is 452 g/mol. The second-order valence-corrected chi connectivity index (χ2v) is 10.5. The summed E-state index contributed by atoms with van der Waals surface area (Å²) < 4.78 is 0. The summed E-state index contributed by atoms with van der Waals surface area (Å²) in [5.74, 6) is 0.829. The Balaban J connectivity index is 1.10. The van der Waals surface area contributed by atoms with Gasteiger partial charge in [-0.25, -0.2) is 4.98 Å². The van der Waals surface area contributed by atoms with Gasteiger partial charge < -0.3 is 9.80 Å². The highest BCUT2D eigenvalue weighted by molar-refractivity contribution is 5.76. The first-order valence-electron chi connectivity index (χ1n) is 13.8. The van der Waals surface area contributed by atoms with Crippen LogP contribution >= 0.6 is 0 Å². The summed E-state index contributed by atoms with van der Waals surface area (Å²) in [5, 5.41) is 0. The Morgan fingerprint density at radius 2 is 1.64 bits per heavy atom. The predicted octanol–water partition coefficient (Wildman–Crippen LogP) is 2.50. The average Bonchev–Trinajstić information content (AvgIpc) is 2.93. The molecule has 3 fully saturated rings. The van der Waals surface area contributed by atoms with Gasteiger partial charge in [-0.15, -0.1) is 0 Å². The molecule has 0 unspecified atom stereocenters. The molecular formula is C28H40N6O2. The molecule has 0 spiro atoms. The maximum absolute atomic E-state index is 12.7. The van der Waals surface area contributed by atoms with Crippen LogP contribution in [0.2, 0.25) is 0 Å². The molecule has 3 heterocycles. The van der Waals surface area contributed by atoms with Gasteiger partial charge in [-0.1, -0.05) is 49.6 Å². The Hall–Kier alpha value is -2.71. The van der Waals surface area contributed by atoms with Crippen molar-refractivity contribution in [2.75, 3.05) is 57.3 Å². The highest BCUT2D eigenvalue weighted by atomic mass is 16.2. The molecule has 3 aliphatic rings. The summed E-state index contributed by atoms with van der Waals surface area (Å²) in [4.78, 5) is 42.0. The molecule has 8 nitrogen and oxygen atoms in total. The number of hydrogen-bond donors (Lipinski definition) is 1. The van der Waals surface area contributed by atoms with Crippen molar-refractivity contribution in [2.45, 2.75) is 57.5 Å². The number of hydrogen-bond acceptors (Lipinski definition) is 6. The summed E-state index contributed by atoms with van der Waals surface area (Å²) in [5.41, 5.74) is 1.93. The fourth-order valence-corrected chi connectivity index (χ4v) is 5.91.